The largest absolute Gasteiger partial charge is 0.353 e. The molecule has 2 aromatic rings. The van der Waals surface area contributed by atoms with Gasteiger partial charge >= 0.3 is 0 Å². The van der Waals surface area contributed by atoms with Gasteiger partial charge in [0.15, 0.2) is 27.4 Å². The fourth-order valence-electron chi connectivity index (χ4n) is 3.61. The smallest absolute Gasteiger partial charge is 0.191 e. The van der Waals surface area contributed by atoms with E-state index in [2.05, 4.69) is 20.6 Å². The molecular formula is C22H30FN5O2S. The van der Waals surface area contributed by atoms with Gasteiger partial charge in [-0.3, -0.25) is 4.99 Å². The summed E-state index contributed by atoms with van der Waals surface area (Å²) < 4.78 is 39.6. The molecular weight excluding hydrogens is 417 g/mol. The number of nitrogens with zero attached hydrogens (tertiary/aromatic N) is 3. The molecule has 0 spiro atoms. The number of benzene rings is 1. The molecule has 0 radical (unpaired) electrons. The minimum absolute atomic E-state index is 0.0200. The molecule has 2 atom stereocenters. The molecule has 1 saturated heterocycles. The van der Waals surface area contributed by atoms with Gasteiger partial charge in [0.2, 0.25) is 0 Å². The van der Waals surface area contributed by atoms with Crippen molar-refractivity contribution in [3.8, 4) is 0 Å². The van der Waals surface area contributed by atoms with E-state index < -0.39 is 9.84 Å². The molecule has 2 N–H and O–H groups in total. The second-order valence-electron chi connectivity index (χ2n) is 7.55. The van der Waals surface area contributed by atoms with Crippen LogP contribution in [0.5, 0.6) is 0 Å². The Bertz CT molecular complexity index is 984. The van der Waals surface area contributed by atoms with Crippen LogP contribution in [0.1, 0.15) is 26.7 Å². The number of nitrogens with one attached hydrogen (secondary N) is 2. The molecule has 0 bridgehead atoms. The molecule has 7 nitrogen and oxygen atoms in total. The average Bonchev–Trinajstić information content (AvgIpc) is 3.22. The Morgan fingerprint density at radius 2 is 2.03 bits per heavy atom. The van der Waals surface area contributed by atoms with Gasteiger partial charge in [0.05, 0.1) is 10.6 Å². The van der Waals surface area contributed by atoms with Gasteiger partial charge in [-0.2, -0.15) is 0 Å². The van der Waals surface area contributed by atoms with Gasteiger partial charge in [-0.25, -0.2) is 17.8 Å². The van der Waals surface area contributed by atoms with E-state index in [1.165, 1.54) is 6.07 Å². The van der Waals surface area contributed by atoms with Crippen LogP contribution in [0.4, 0.5) is 10.2 Å². The number of hydrogen-bond donors (Lipinski definition) is 2. The average molecular weight is 448 g/mol. The van der Waals surface area contributed by atoms with Crippen LogP contribution in [0.2, 0.25) is 0 Å². The molecule has 1 aromatic heterocycles. The number of rotatable bonds is 8. The molecule has 2 unspecified atom stereocenters. The van der Waals surface area contributed by atoms with Gasteiger partial charge in [-0.1, -0.05) is 25.1 Å². The van der Waals surface area contributed by atoms with Crippen molar-refractivity contribution in [1.29, 1.82) is 0 Å². The third kappa shape index (κ3) is 6.16. The van der Waals surface area contributed by atoms with Crippen molar-refractivity contribution in [2.75, 3.05) is 30.3 Å². The third-order valence-electron chi connectivity index (χ3n) is 5.24. The summed E-state index contributed by atoms with van der Waals surface area (Å²) in [6, 6.07) is 11.2. The Balaban J connectivity index is 1.63. The summed E-state index contributed by atoms with van der Waals surface area (Å²) in [5.74, 6) is 0.578. The quantitative estimate of drug-likeness (QED) is 0.478. The fourth-order valence-corrected chi connectivity index (χ4v) is 5.22. The fraction of sp³-hybridized carbons (Fsp3) is 0.455. The topological polar surface area (TPSA) is 86.7 Å². The van der Waals surface area contributed by atoms with Gasteiger partial charge in [-0.15, -0.1) is 0 Å². The molecule has 1 aliphatic rings. The van der Waals surface area contributed by atoms with Crippen LogP contribution in [0.15, 0.2) is 58.5 Å². The van der Waals surface area contributed by atoms with Crippen molar-refractivity contribution in [2.45, 2.75) is 43.7 Å². The van der Waals surface area contributed by atoms with E-state index in [4.69, 9.17) is 0 Å². The van der Waals surface area contributed by atoms with Crippen LogP contribution < -0.4 is 15.5 Å². The number of hydrogen-bond acceptors (Lipinski definition) is 5. The van der Waals surface area contributed by atoms with E-state index >= 15 is 0 Å². The lowest BCUT2D eigenvalue weighted by Gasteiger charge is -2.23. The summed E-state index contributed by atoms with van der Waals surface area (Å²) >= 11 is 0. The Kier molecular flexibility index (Phi) is 7.84. The minimum Gasteiger partial charge on any atom is -0.353 e. The Morgan fingerprint density at radius 1 is 1.26 bits per heavy atom. The lowest BCUT2D eigenvalue weighted by atomic mass is 10.2. The lowest BCUT2D eigenvalue weighted by Crippen LogP contribution is -2.50. The SMILES string of the molecule is CCN=C(NC1CCN(c2ncccc2F)C1)NC(CC)CS(=O)(=O)c1ccccc1. The number of sulfone groups is 1. The number of anilines is 1. The maximum absolute atomic E-state index is 14.0. The van der Waals surface area contributed by atoms with Crippen LogP contribution in [0.3, 0.4) is 0 Å². The molecule has 2 heterocycles. The summed E-state index contributed by atoms with van der Waals surface area (Å²) in [5.41, 5.74) is 0. The first-order valence-electron chi connectivity index (χ1n) is 10.6. The van der Waals surface area contributed by atoms with Gasteiger partial charge < -0.3 is 15.5 Å². The van der Waals surface area contributed by atoms with Gasteiger partial charge in [-0.05, 0) is 44.0 Å². The van der Waals surface area contributed by atoms with Crippen molar-refractivity contribution in [3.05, 3.63) is 54.5 Å². The second kappa shape index (κ2) is 10.6. The van der Waals surface area contributed by atoms with E-state index in [0.717, 1.165) is 6.42 Å². The zero-order chi connectivity index (χ0) is 22.3. The zero-order valence-corrected chi connectivity index (χ0v) is 18.8. The van der Waals surface area contributed by atoms with Crippen molar-refractivity contribution in [3.63, 3.8) is 0 Å². The van der Waals surface area contributed by atoms with E-state index in [0.29, 0.717) is 42.7 Å². The lowest BCUT2D eigenvalue weighted by molar-refractivity contribution is 0.562. The Morgan fingerprint density at radius 3 is 2.71 bits per heavy atom. The first kappa shape index (κ1) is 23.0. The molecule has 3 rings (SSSR count). The van der Waals surface area contributed by atoms with E-state index in [-0.39, 0.29) is 23.7 Å². The highest BCUT2D eigenvalue weighted by atomic mass is 32.2. The molecule has 1 aliphatic heterocycles. The highest BCUT2D eigenvalue weighted by molar-refractivity contribution is 7.91. The van der Waals surface area contributed by atoms with Gasteiger partial charge in [0.1, 0.15) is 0 Å². The number of pyridine rings is 1. The van der Waals surface area contributed by atoms with Crippen molar-refractivity contribution in [2.24, 2.45) is 4.99 Å². The number of guanidine groups is 1. The Labute approximate surface area is 183 Å². The van der Waals surface area contributed by atoms with Crippen LogP contribution >= 0.6 is 0 Å². The minimum atomic E-state index is -3.41. The van der Waals surface area contributed by atoms with E-state index in [1.807, 2.05) is 18.7 Å². The predicted octanol–water partition coefficient (Wildman–Crippen LogP) is 2.61. The number of aliphatic imine (C=N–C) groups is 1. The van der Waals surface area contributed by atoms with Gasteiger partial charge in [0.25, 0.3) is 0 Å². The maximum Gasteiger partial charge on any atom is 0.191 e. The number of halogens is 1. The van der Waals surface area contributed by atoms with Gasteiger partial charge in [0, 0.05) is 37.9 Å². The van der Waals surface area contributed by atoms with E-state index in [9.17, 15) is 12.8 Å². The highest BCUT2D eigenvalue weighted by Gasteiger charge is 2.27. The molecule has 31 heavy (non-hydrogen) atoms. The van der Waals surface area contributed by atoms with Crippen LogP contribution in [0, 0.1) is 5.82 Å². The summed E-state index contributed by atoms with van der Waals surface area (Å²) in [6.45, 7) is 5.71. The van der Waals surface area contributed by atoms with Crippen LogP contribution in [-0.2, 0) is 9.84 Å². The normalized spacial score (nSPS) is 18.1. The monoisotopic (exact) mass is 447 g/mol. The van der Waals surface area contributed by atoms with Crippen LogP contribution in [-0.4, -0.2) is 56.8 Å². The van der Waals surface area contributed by atoms with Crippen LogP contribution in [0.25, 0.3) is 0 Å². The van der Waals surface area contributed by atoms with Crippen molar-refractivity contribution >= 4 is 21.6 Å². The summed E-state index contributed by atoms with van der Waals surface area (Å²) in [4.78, 5) is 10.9. The third-order valence-corrected chi connectivity index (χ3v) is 7.07. The second-order valence-corrected chi connectivity index (χ2v) is 9.59. The van der Waals surface area contributed by atoms with E-state index in [1.54, 1.807) is 42.6 Å². The highest BCUT2D eigenvalue weighted by Crippen LogP contribution is 2.20. The summed E-state index contributed by atoms with van der Waals surface area (Å²) in [6.07, 6.45) is 3.02. The number of aromatic nitrogens is 1. The first-order valence-corrected chi connectivity index (χ1v) is 12.3. The molecule has 0 amide bonds. The standard InChI is InChI=1S/C22H30FN5O2S/c1-3-17(16-31(29,30)19-9-6-5-7-10-19)26-22(24-4-2)27-18-12-14-28(15-18)21-20(23)11-8-13-25-21/h5-11,13,17-18H,3-4,12,14-16H2,1-2H3,(H2,24,26,27). The summed E-state index contributed by atoms with van der Waals surface area (Å²) in [5, 5.41) is 6.65. The molecule has 0 aliphatic carbocycles. The summed E-state index contributed by atoms with van der Waals surface area (Å²) in [7, 11) is -3.41. The molecule has 0 saturated carbocycles. The molecule has 1 fully saturated rings. The molecule has 9 heteroatoms. The zero-order valence-electron chi connectivity index (χ0n) is 18.0. The van der Waals surface area contributed by atoms with Crippen molar-refractivity contribution in [1.82, 2.24) is 15.6 Å². The molecule has 1 aromatic carbocycles. The molecule has 168 valence electrons. The Hall–Kier alpha value is -2.68. The maximum atomic E-state index is 14.0. The first-order chi connectivity index (χ1) is 14.9. The predicted molar refractivity (Wildman–Crippen MR) is 122 cm³/mol. The van der Waals surface area contributed by atoms with Crippen molar-refractivity contribution < 1.29 is 12.8 Å².